The van der Waals surface area contributed by atoms with E-state index in [0.717, 1.165) is 18.5 Å². The fraction of sp³-hybridized carbons (Fsp3) is 0.833. The molecule has 0 radical (unpaired) electrons. The molecule has 80 valence electrons. The van der Waals surface area contributed by atoms with Gasteiger partial charge in [0.2, 0.25) is 0 Å². The topological polar surface area (TPSA) is 29.3 Å². The van der Waals surface area contributed by atoms with E-state index in [-0.39, 0.29) is 0 Å². The molecule has 1 saturated heterocycles. The van der Waals surface area contributed by atoms with Gasteiger partial charge in [0.15, 0.2) is 0 Å². The van der Waals surface area contributed by atoms with Crippen LogP contribution in [0.25, 0.3) is 0 Å². The van der Waals surface area contributed by atoms with Gasteiger partial charge in [-0.05, 0) is 44.6 Å². The van der Waals surface area contributed by atoms with Crippen molar-refractivity contribution < 1.29 is 0 Å². The van der Waals surface area contributed by atoms with Crippen LogP contribution >= 0.6 is 0 Å². The van der Waals surface area contributed by atoms with Crippen molar-refractivity contribution in [1.29, 1.82) is 0 Å². The molecule has 0 aromatic rings. The van der Waals surface area contributed by atoms with Crippen molar-refractivity contribution in [2.75, 3.05) is 19.6 Å². The lowest BCUT2D eigenvalue weighted by Crippen LogP contribution is -2.43. The molecule has 2 unspecified atom stereocenters. The molecular weight excluding hydrogens is 172 g/mol. The summed E-state index contributed by atoms with van der Waals surface area (Å²) in [6.45, 7) is 3.42. The largest absolute Gasteiger partial charge is 0.330 e. The van der Waals surface area contributed by atoms with Gasteiger partial charge in [-0.15, -0.1) is 0 Å². The molecule has 0 saturated carbocycles. The van der Waals surface area contributed by atoms with Crippen LogP contribution in [0.4, 0.5) is 0 Å². The molecule has 0 spiro atoms. The number of hydrogen-bond acceptors (Lipinski definition) is 2. The summed E-state index contributed by atoms with van der Waals surface area (Å²) >= 11 is 0. The molecule has 2 N–H and O–H groups in total. The molecule has 2 atom stereocenters. The van der Waals surface area contributed by atoms with Crippen LogP contribution in [0.1, 0.15) is 32.1 Å². The van der Waals surface area contributed by atoms with E-state index >= 15 is 0 Å². The van der Waals surface area contributed by atoms with Crippen molar-refractivity contribution in [3.05, 3.63) is 12.2 Å². The lowest BCUT2D eigenvalue weighted by Gasteiger charge is -2.38. The highest BCUT2D eigenvalue weighted by Crippen LogP contribution is 2.27. The van der Waals surface area contributed by atoms with E-state index in [1.165, 1.54) is 45.2 Å². The normalized spacial score (nSPS) is 33.8. The summed E-state index contributed by atoms with van der Waals surface area (Å²) in [5.41, 5.74) is 5.63. The Hall–Kier alpha value is -0.340. The van der Waals surface area contributed by atoms with Gasteiger partial charge in [-0.3, -0.25) is 4.90 Å². The molecule has 2 aliphatic heterocycles. The summed E-state index contributed by atoms with van der Waals surface area (Å²) in [6, 6.07) is 0.836. The molecule has 0 amide bonds. The number of rotatable bonds is 2. The van der Waals surface area contributed by atoms with E-state index in [0.29, 0.717) is 0 Å². The summed E-state index contributed by atoms with van der Waals surface area (Å²) in [5.74, 6) is 0.870. The van der Waals surface area contributed by atoms with Crippen LogP contribution in [0, 0.1) is 5.92 Å². The van der Waals surface area contributed by atoms with Gasteiger partial charge in [0.05, 0.1) is 0 Å². The summed E-state index contributed by atoms with van der Waals surface area (Å²) < 4.78 is 0. The SMILES string of the molecule is NCCC1CCC2CC=CCCN2C1. The maximum Gasteiger partial charge on any atom is 0.0130 e. The van der Waals surface area contributed by atoms with Crippen LogP contribution in [-0.2, 0) is 0 Å². The van der Waals surface area contributed by atoms with Gasteiger partial charge in [-0.25, -0.2) is 0 Å². The van der Waals surface area contributed by atoms with E-state index in [4.69, 9.17) is 5.73 Å². The third kappa shape index (κ3) is 2.37. The van der Waals surface area contributed by atoms with Crippen molar-refractivity contribution in [2.24, 2.45) is 11.7 Å². The first-order valence-electron chi connectivity index (χ1n) is 5.99. The minimum Gasteiger partial charge on any atom is -0.330 e. The zero-order chi connectivity index (χ0) is 9.80. The molecule has 2 aliphatic rings. The number of nitrogens with zero attached hydrogens (tertiary/aromatic N) is 1. The Morgan fingerprint density at radius 1 is 1.29 bits per heavy atom. The van der Waals surface area contributed by atoms with Gasteiger partial charge in [0, 0.05) is 19.1 Å². The van der Waals surface area contributed by atoms with Crippen molar-refractivity contribution in [3.8, 4) is 0 Å². The maximum atomic E-state index is 5.63. The Morgan fingerprint density at radius 2 is 2.21 bits per heavy atom. The summed E-state index contributed by atoms with van der Waals surface area (Å²) in [4.78, 5) is 2.68. The zero-order valence-corrected chi connectivity index (χ0v) is 8.99. The van der Waals surface area contributed by atoms with Crippen molar-refractivity contribution >= 4 is 0 Å². The van der Waals surface area contributed by atoms with E-state index in [2.05, 4.69) is 17.1 Å². The van der Waals surface area contributed by atoms with E-state index in [1.807, 2.05) is 0 Å². The van der Waals surface area contributed by atoms with Gasteiger partial charge in [-0.2, -0.15) is 0 Å². The monoisotopic (exact) mass is 194 g/mol. The Labute approximate surface area is 87.2 Å². The van der Waals surface area contributed by atoms with Crippen LogP contribution in [0.15, 0.2) is 12.2 Å². The molecule has 2 heteroatoms. The van der Waals surface area contributed by atoms with E-state index in [1.54, 1.807) is 0 Å². The van der Waals surface area contributed by atoms with Gasteiger partial charge < -0.3 is 5.73 Å². The molecule has 2 rings (SSSR count). The fourth-order valence-corrected chi connectivity index (χ4v) is 2.81. The number of piperidine rings is 1. The predicted octanol–water partition coefficient (Wildman–Crippen LogP) is 1.77. The molecule has 0 bridgehead atoms. The van der Waals surface area contributed by atoms with Crippen LogP contribution < -0.4 is 5.73 Å². The van der Waals surface area contributed by atoms with Crippen molar-refractivity contribution in [1.82, 2.24) is 4.90 Å². The van der Waals surface area contributed by atoms with Crippen LogP contribution in [-0.4, -0.2) is 30.6 Å². The van der Waals surface area contributed by atoms with E-state index in [9.17, 15) is 0 Å². The Balaban J connectivity index is 1.89. The molecule has 2 nitrogen and oxygen atoms in total. The summed E-state index contributed by atoms with van der Waals surface area (Å²) in [5, 5.41) is 0. The highest BCUT2D eigenvalue weighted by Gasteiger charge is 2.27. The molecule has 0 aromatic carbocycles. The van der Waals surface area contributed by atoms with Crippen LogP contribution in [0.3, 0.4) is 0 Å². The van der Waals surface area contributed by atoms with Gasteiger partial charge in [-0.1, -0.05) is 12.2 Å². The van der Waals surface area contributed by atoms with Gasteiger partial charge in [0.1, 0.15) is 0 Å². The lowest BCUT2D eigenvalue weighted by atomic mass is 9.89. The number of nitrogens with two attached hydrogens (primary N) is 1. The van der Waals surface area contributed by atoms with Crippen LogP contribution in [0.2, 0.25) is 0 Å². The standard InChI is InChI=1S/C12H22N2/c13-8-7-11-5-6-12-4-2-1-3-9-14(12)10-11/h1-2,11-12H,3-10,13H2. The van der Waals surface area contributed by atoms with E-state index < -0.39 is 0 Å². The van der Waals surface area contributed by atoms with Gasteiger partial charge in [0.25, 0.3) is 0 Å². The first-order chi connectivity index (χ1) is 6.90. The van der Waals surface area contributed by atoms with Crippen LogP contribution in [0.5, 0.6) is 0 Å². The Bertz CT molecular complexity index is 200. The predicted molar refractivity (Wildman–Crippen MR) is 60.1 cm³/mol. The summed E-state index contributed by atoms with van der Waals surface area (Å²) in [6.07, 6.45) is 11.2. The average molecular weight is 194 g/mol. The smallest absolute Gasteiger partial charge is 0.0130 e. The molecular formula is C12H22N2. The molecule has 0 aromatic heterocycles. The highest BCUT2D eigenvalue weighted by atomic mass is 15.2. The van der Waals surface area contributed by atoms with Crippen molar-refractivity contribution in [2.45, 2.75) is 38.1 Å². The zero-order valence-electron chi connectivity index (χ0n) is 8.99. The minimum atomic E-state index is 0.836. The fourth-order valence-electron chi connectivity index (χ4n) is 2.81. The highest BCUT2D eigenvalue weighted by molar-refractivity contribution is 4.94. The Morgan fingerprint density at radius 3 is 3.07 bits per heavy atom. The second-order valence-electron chi connectivity index (χ2n) is 4.67. The molecule has 2 heterocycles. The molecule has 0 aliphatic carbocycles. The van der Waals surface area contributed by atoms with Gasteiger partial charge >= 0.3 is 0 Å². The number of hydrogen-bond donors (Lipinski definition) is 1. The second-order valence-corrected chi connectivity index (χ2v) is 4.67. The van der Waals surface area contributed by atoms with Crippen molar-refractivity contribution in [3.63, 3.8) is 0 Å². The average Bonchev–Trinajstić information content (AvgIpc) is 2.42. The Kier molecular flexibility index (Phi) is 3.60. The third-order valence-electron chi connectivity index (χ3n) is 3.65. The second kappa shape index (κ2) is 4.94. The first kappa shape index (κ1) is 10.2. The first-order valence-corrected chi connectivity index (χ1v) is 5.99. The summed E-state index contributed by atoms with van der Waals surface area (Å²) in [7, 11) is 0. The molecule has 1 fully saturated rings. The third-order valence-corrected chi connectivity index (χ3v) is 3.65. The number of fused-ring (bicyclic) bond motifs is 1. The lowest BCUT2D eigenvalue weighted by molar-refractivity contribution is 0.110. The minimum absolute atomic E-state index is 0.836. The maximum absolute atomic E-state index is 5.63. The molecule has 14 heavy (non-hydrogen) atoms. The quantitative estimate of drug-likeness (QED) is 0.679.